The highest BCUT2D eigenvalue weighted by atomic mass is 32.2. The summed E-state index contributed by atoms with van der Waals surface area (Å²) < 4.78 is 2.06. The Hall–Kier alpha value is -2.60. The number of carbonyl (C=O) groups excluding carboxylic acids is 1. The fourth-order valence-corrected chi connectivity index (χ4v) is 3.96. The summed E-state index contributed by atoms with van der Waals surface area (Å²) >= 11 is 1.42. The van der Waals surface area contributed by atoms with Gasteiger partial charge in [-0.25, -0.2) is 0 Å². The van der Waals surface area contributed by atoms with Crippen LogP contribution in [0.4, 0.5) is 0 Å². The molecule has 0 saturated heterocycles. The van der Waals surface area contributed by atoms with Crippen LogP contribution in [0.5, 0.6) is 0 Å². The molecule has 1 N–H and O–H groups in total. The lowest BCUT2D eigenvalue weighted by Gasteiger charge is -2.14. The Kier molecular flexibility index (Phi) is 7.09. The molecule has 0 saturated carbocycles. The minimum atomic E-state index is -0.0247. The summed E-state index contributed by atoms with van der Waals surface area (Å²) in [5.74, 6) is 1.63. The maximum Gasteiger partial charge on any atom is 0.230 e. The van der Waals surface area contributed by atoms with Crippen molar-refractivity contribution >= 4 is 17.7 Å². The first-order valence-corrected chi connectivity index (χ1v) is 11.0. The molecule has 29 heavy (non-hydrogen) atoms. The van der Waals surface area contributed by atoms with Crippen molar-refractivity contribution in [3.05, 3.63) is 65.7 Å². The quantitative estimate of drug-likeness (QED) is 0.529. The molecule has 2 aromatic carbocycles. The third-order valence-electron chi connectivity index (χ3n) is 4.88. The number of amides is 1. The molecule has 0 aliphatic rings. The van der Waals surface area contributed by atoms with Gasteiger partial charge in [-0.3, -0.25) is 4.79 Å². The molecule has 6 heteroatoms. The van der Waals surface area contributed by atoms with E-state index in [9.17, 15) is 4.79 Å². The lowest BCUT2D eigenvalue weighted by molar-refractivity contribution is -0.119. The van der Waals surface area contributed by atoms with Crippen molar-refractivity contribution in [2.45, 2.75) is 51.4 Å². The van der Waals surface area contributed by atoms with E-state index in [-0.39, 0.29) is 11.9 Å². The number of hydrogen-bond donors (Lipinski definition) is 1. The molecule has 152 valence electrons. The number of nitrogens with one attached hydrogen (secondary N) is 1. The maximum atomic E-state index is 12.4. The molecule has 1 aromatic heterocycles. The number of aromatic nitrogens is 3. The fourth-order valence-electron chi connectivity index (χ4n) is 3.15. The van der Waals surface area contributed by atoms with Gasteiger partial charge in [0.15, 0.2) is 11.0 Å². The van der Waals surface area contributed by atoms with E-state index >= 15 is 0 Å². The highest BCUT2D eigenvalue weighted by Gasteiger charge is 2.16. The van der Waals surface area contributed by atoms with Gasteiger partial charge in [-0.1, -0.05) is 80.2 Å². The monoisotopic (exact) mass is 408 g/mol. The van der Waals surface area contributed by atoms with Gasteiger partial charge in [-0.2, -0.15) is 0 Å². The van der Waals surface area contributed by atoms with E-state index in [1.54, 1.807) is 0 Å². The highest BCUT2D eigenvalue weighted by molar-refractivity contribution is 7.99. The van der Waals surface area contributed by atoms with E-state index in [1.165, 1.54) is 17.3 Å². The first-order chi connectivity index (χ1) is 14.0. The van der Waals surface area contributed by atoms with Crippen molar-refractivity contribution in [1.82, 2.24) is 20.1 Å². The van der Waals surface area contributed by atoms with E-state index < -0.39 is 0 Å². The number of thioether (sulfide) groups is 1. The molecule has 0 fully saturated rings. The Morgan fingerprint density at radius 1 is 1.00 bits per heavy atom. The molecule has 0 bridgehead atoms. The van der Waals surface area contributed by atoms with Crippen LogP contribution >= 0.6 is 11.8 Å². The van der Waals surface area contributed by atoms with Crippen LogP contribution in [0, 0.1) is 0 Å². The second-order valence-electron chi connectivity index (χ2n) is 7.32. The molecule has 0 spiro atoms. The standard InChI is InChI=1S/C23H28N4OS/c1-5-27-22(20-13-11-18(12-14-20)16(2)3)25-26-23(27)29-15-21(28)24-17(4)19-9-7-6-8-10-19/h6-14,16-17H,5,15H2,1-4H3,(H,24,28). The first-order valence-electron chi connectivity index (χ1n) is 10.00. The average Bonchev–Trinajstić information content (AvgIpc) is 3.15. The summed E-state index contributed by atoms with van der Waals surface area (Å²) in [6.07, 6.45) is 0. The fraction of sp³-hybridized carbons (Fsp3) is 0.348. The first kappa shape index (κ1) is 21.1. The van der Waals surface area contributed by atoms with Crippen LogP contribution in [0.25, 0.3) is 11.4 Å². The Morgan fingerprint density at radius 2 is 1.69 bits per heavy atom. The molecule has 0 aliphatic carbocycles. The van der Waals surface area contributed by atoms with Gasteiger partial charge in [-0.05, 0) is 30.9 Å². The second-order valence-corrected chi connectivity index (χ2v) is 8.26. The lowest BCUT2D eigenvalue weighted by Crippen LogP contribution is -2.28. The third kappa shape index (κ3) is 5.26. The maximum absolute atomic E-state index is 12.4. The van der Waals surface area contributed by atoms with E-state index in [4.69, 9.17) is 0 Å². The molecule has 1 atom stereocenters. The van der Waals surface area contributed by atoms with Crippen LogP contribution in [-0.2, 0) is 11.3 Å². The van der Waals surface area contributed by atoms with E-state index in [2.05, 4.69) is 65.1 Å². The zero-order valence-electron chi connectivity index (χ0n) is 17.4. The van der Waals surface area contributed by atoms with Crippen molar-refractivity contribution in [2.75, 3.05) is 5.75 Å². The molecular formula is C23H28N4OS. The van der Waals surface area contributed by atoms with E-state index in [1.807, 2.05) is 37.3 Å². The highest BCUT2D eigenvalue weighted by Crippen LogP contribution is 2.25. The predicted molar refractivity (Wildman–Crippen MR) is 119 cm³/mol. The smallest absolute Gasteiger partial charge is 0.230 e. The van der Waals surface area contributed by atoms with Crippen LogP contribution in [0.1, 0.15) is 50.8 Å². The van der Waals surface area contributed by atoms with Crippen LogP contribution in [0.15, 0.2) is 59.8 Å². The molecule has 3 aromatic rings. The molecule has 1 heterocycles. The van der Waals surface area contributed by atoms with Crippen LogP contribution < -0.4 is 5.32 Å². The third-order valence-corrected chi connectivity index (χ3v) is 5.84. The van der Waals surface area contributed by atoms with Crippen LogP contribution in [0.3, 0.4) is 0 Å². The van der Waals surface area contributed by atoms with Crippen molar-refractivity contribution in [3.8, 4) is 11.4 Å². The number of carbonyl (C=O) groups is 1. The van der Waals surface area contributed by atoms with Gasteiger partial charge < -0.3 is 9.88 Å². The molecule has 3 rings (SSSR count). The minimum absolute atomic E-state index is 0.0140. The number of benzene rings is 2. The summed E-state index contributed by atoms with van der Waals surface area (Å²) in [7, 11) is 0. The van der Waals surface area contributed by atoms with Crippen molar-refractivity contribution in [1.29, 1.82) is 0 Å². The summed E-state index contributed by atoms with van der Waals surface area (Å²) in [5.41, 5.74) is 3.43. The van der Waals surface area contributed by atoms with Gasteiger partial charge in [0.1, 0.15) is 0 Å². The Bertz CT molecular complexity index is 935. The van der Waals surface area contributed by atoms with Gasteiger partial charge >= 0.3 is 0 Å². The summed E-state index contributed by atoms with van der Waals surface area (Å²) in [4.78, 5) is 12.4. The van der Waals surface area contributed by atoms with Crippen molar-refractivity contribution in [2.24, 2.45) is 0 Å². The Balaban J connectivity index is 1.65. The zero-order chi connectivity index (χ0) is 20.8. The number of rotatable bonds is 8. The van der Waals surface area contributed by atoms with Gasteiger partial charge in [0.2, 0.25) is 5.91 Å². The predicted octanol–water partition coefficient (Wildman–Crippen LogP) is 5.06. The Labute approximate surface area is 176 Å². The Morgan fingerprint density at radius 3 is 2.31 bits per heavy atom. The minimum Gasteiger partial charge on any atom is -0.349 e. The van der Waals surface area contributed by atoms with E-state index in [0.717, 1.165) is 28.7 Å². The molecule has 1 unspecified atom stereocenters. The van der Waals surface area contributed by atoms with Crippen molar-refractivity contribution < 1.29 is 4.79 Å². The molecular weight excluding hydrogens is 380 g/mol. The lowest BCUT2D eigenvalue weighted by atomic mass is 10.0. The van der Waals surface area contributed by atoms with E-state index in [0.29, 0.717) is 11.7 Å². The van der Waals surface area contributed by atoms with Gasteiger partial charge in [-0.15, -0.1) is 10.2 Å². The average molecular weight is 409 g/mol. The molecule has 0 radical (unpaired) electrons. The SMILES string of the molecule is CCn1c(SCC(=O)NC(C)c2ccccc2)nnc1-c1ccc(C(C)C)cc1. The number of nitrogens with zero attached hydrogens (tertiary/aromatic N) is 3. The van der Waals surface area contributed by atoms with Crippen LogP contribution in [0.2, 0.25) is 0 Å². The summed E-state index contributed by atoms with van der Waals surface area (Å²) in [6, 6.07) is 18.4. The topological polar surface area (TPSA) is 59.8 Å². The summed E-state index contributed by atoms with van der Waals surface area (Å²) in [6.45, 7) is 9.17. The normalized spacial score (nSPS) is 12.2. The molecule has 1 amide bonds. The van der Waals surface area contributed by atoms with Gasteiger partial charge in [0, 0.05) is 12.1 Å². The largest absolute Gasteiger partial charge is 0.349 e. The number of hydrogen-bond acceptors (Lipinski definition) is 4. The molecule has 5 nitrogen and oxygen atoms in total. The molecule has 0 aliphatic heterocycles. The van der Waals surface area contributed by atoms with Gasteiger partial charge in [0.25, 0.3) is 0 Å². The summed E-state index contributed by atoms with van der Waals surface area (Å²) in [5, 5.41) is 12.5. The zero-order valence-corrected chi connectivity index (χ0v) is 18.2. The van der Waals surface area contributed by atoms with Gasteiger partial charge in [0.05, 0.1) is 11.8 Å². The second kappa shape index (κ2) is 9.74. The van der Waals surface area contributed by atoms with Crippen LogP contribution in [-0.4, -0.2) is 26.4 Å². The van der Waals surface area contributed by atoms with Crippen molar-refractivity contribution in [3.63, 3.8) is 0 Å².